The lowest BCUT2D eigenvalue weighted by Crippen LogP contribution is -2.10. The third kappa shape index (κ3) is 6.33. The summed E-state index contributed by atoms with van der Waals surface area (Å²) in [4.78, 5) is 0. The van der Waals surface area contributed by atoms with Gasteiger partial charge >= 0.3 is 6.18 Å². The van der Waals surface area contributed by atoms with Crippen molar-refractivity contribution in [3.05, 3.63) is 190 Å². The molecule has 0 amide bonds. The number of halogens is 3. The first-order valence-corrected chi connectivity index (χ1v) is 21.2. The van der Waals surface area contributed by atoms with Gasteiger partial charge in [0, 0.05) is 21.5 Å². The summed E-state index contributed by atoms with van der Waals surface area (Å²) in [6.07, 6.45) is -4.62. The summed E-state index contributed by atoms with van der Waals surface area (Å²) in [5, 5.41) is 15.4. The van der Waals surface area contributed by atoms with Gasteiger partial charge in [-0.1, -0.05) is 96.1 Å². The first kappa shape index (κ1) is 39.8. The van der Waals surface area contributed by atoms with Gasteiger partial charge in [-0.2, -0.15) is 18.4 Å². The second kappa shape index (κ2) is 14.6. The minimum atomic E-state index is -4.62. The molecule has 0 bridgehead atoms. The highest BCUT2D eigenvalue weighted by molar-refractivity contribution is 6.12. The van der Waals surface area contributed by atoms with Gasteiger partial charge < -0.3 is 9.13 Å². The smallest absolute Gasteiger partial charge is 0.308 e. The van der Waals surface area contributed by atoms with E-state index in [0.29, 0.717) is 28.1 Å². The molecule has 0 saturated heterocycles. The molecule has 0 aliphatic carbocycles. The molecule has 0 N–H and O–H groups in total. The van der Waals surface area contributed by atoms with Crippen LogP contribution in [0.4, 0.5) is 13.2 Å². The van der Waals surface area contributed by atoms with Crippen molar-refractivity contribution in [2.24, 2.45) is 0 Å². The van der Waals surface area contributed by atoms with E-state index in [9.17, 15) is 5.26 Å². The molecule has 0 saturated carbocycles. The van der Waals surface area contributed by atoms with Gasteiger partial charge in [-0.05, 0) is 164 Å². The van der Waals surface area contributed by atoms with Crippen LogP contribution in [0.2, 0.25) is 0 Å². The average Bonchev–Trinajstić information content (AvgIpc) is 3.74. The molecule has 0 aliphatic heterocycles. The van der Waals surface area contributed by atoms with Crippen molar-refractivity contribution in [1.29, 1.82) is 5.26 Å². The fourth-order valence-electron chi connectivity index (χ4n) is 10.6. The van der Waals surface area contributed by atoms with E-state index in [-0.39, 0.29) is 5.56 Å². The highest BCUT2D eigenvalue weighted by Crippen LogP contribution is 2.45. The van der Waals surface area contributed by atoms with E-state index < -0.39 is 11.7 Å². The molecule has 2 heterocycles. The predicted molar refractivity (Wildman–Crippen MR) is 254 cm³/mol. The third-order valence-electron chi connectivity index (χ3n) is 12.8. The van der Waals surface area contributed by atoms with Crippen molar-refractivity contribution in [3.63, 3.8) is 0 Å². The summed E-state index contributed by atoms with van der Waals surface area (Å²) in [6, 6.07) is 48.2. The Bertz CT molecular complexity index is 3350. The number of hydrogen-bond donors (Lipinski definition) is 0. The monoisotopic (exact) mass is 827 g/mol. The fourth-order valence-corrected chi connectivity index (χ4v) is 10.6. The van der Waals surface area contributed by atoms with Crippen LogP contribution in [0.1, 0.15) is 50.1 Å². The Balaban J connectivity index is 1.33. The average molecular weight is 828 g/mol. The Morgan fingerprint density at radius 2 is 0.841 bits per heavy atom. The van der Waals surface area contributed by atoms with E-state index in [2.05, 4.69) is 130 Å². The Kier molecular flexibility index (Phi) is 9.24. The number of rotatable bonds is 5. The summed E-state index contributed by atoms with van der Waals surface area (Å²) in [7, 11) is 0. The number of aryl methyl sites for hydroxylation is 7. The molecule has 3 nitrogen and oxygen atoms in total. The Morgan fingerprint density at radius 3 is 1.27 bits per heavy atom. The highest BCUT2D eigenvalue weighted by atomic mass is 19.4. The van der Waals surface area contributed by atoms with Gasteiger partial charge in [0.2, 0.25) is 0 Å². The molecule has 6 heteroatoms. The minimum absolute atomic E-state index is 0.0822. The fraction of sp³-hybridized carbons (Fsp3) is 0.140. The van der Waals surface area contributed by atoms with Crippen molar-refractivity contribution in [2.45, 2.75) is 54.6 Å². The molecule has 0 unspecified atom stereocenters. The maximum Gasteiger partial charge on any atom is 0.417 e. The Labute approximate surface area is 364 Å². The molecular formula is C57H44F3N3. The number of benzene rings is 8. The van der Waals surface area contributed by atoms with Crippen molar-refractivity contribution < 1.29 is 13.2 Å². The Hall–Kier alpha value is -7.36. The molecule has 8 aromatic carbocycles. The zero-order valence-electron chi connectivity index (χ0n) is 36.3. The maximum absolute atomic E-state index is 15.1. The van der Waals surface area contributed by atoms with Crippen molar-refractivity contribution >= 4 is 43.6 Å². The van der Waals surface area contributed by atoms with Gasteiger partial charge in [0.1, 0.15) is 11.6 Å². The second-order valence-electron chi connectivity index (χ2n) is 17.2. The summed E-state index contributed by atoms with van der Waals surface area (Å²) in [5.74, 6) is 0. The van der Waals surface area contributed by atoms with E-state index in [1.54, 1.807) is 25.1 Å². The van der Waals surface area contributed by atoms with E-state index >= 15 is 13.2 Å². The standard InChI is InChI=1S/C57H44F3N3/c1-32-23-35(4)54(36(5)24-32)39-19-21-50-44(27-39)42-14-8-10-17-48(42)62(50)52-29-41(56-34(3)13-12-16-47(56)57(58,59)60)30-53(46(52)31-61)63-49-18-11-9-15-43(49)45-28-40(20-22-51(45)63)55-37(6)25-33(2)26-38(55)7/h8-30H,1-7H3. The van der Waals surface area contributed by atoms with E-state index in [1.165, 1.54) is 50.6 Å². The van der Waals surface area contributed by atoms with Gasteiger partial charge in [0.05, 0.1) is 39.0 Å². The minimum Gasteiger partial charge on any atom is -0.308 e. The topological polar surface area (TPSA) is 33.6 Å². The normalized spacial score (nSPS) is 12.0. The van der Waals surface area contributed by atoms with Crippen LogP contribution in [0.15, 0.2) is 140 Å². The molecule has 63 heavy (non-hydrogen) atoms. The number of fused-ring (bicyclic) bond motifs is 6. The second-order valence-corrected chi connectivity index (χ2v) is 17.2. The molecule has 2 aromatic heterocycles. The lowest BCUT2D eigenvalue weighted by Gasteiger charge is -2.21. The van der Waals surface area contributed by atoms with Gasteiger partial charge in [0.15, 0.2) is 0 Å². The van der Waals surface area contributed by atoms with Crippen LogP contribution >= 0.6 is 0 Å². The van der Waals surface area contributed by atoms with E-state index in [0.717, 1.165) is 60.8 Å². The van der Waals surface area contributed by atoms with Gasteiger partial charge in [0.25, 0.3) is 0 Å². The van der Waals surface area contributed by atoms with Crippen LogP contribution in [0.5, 0.6) is 0 Å². The molecule has 0 fully saturated rings. The van der Waals surface area contributed by atoms with Crippen LogP contribution < -0.4 is 0 Å². The number of para-hydroxylation sites is 2. The number of nitriles is 1. The predicted octanol–water partition coefficient (Wildman–Crippen LogP) is 15.9. The lowest BCUT2D eigenvalue weighted by atomic mass is 9.92. The van der Waals surface area contributed by atoms with Crippen LogP contribution in [0.3, 0.4) is 0 Å². The number of hydrogen-bond acceptors (Lipinski definition) is 1. The van der Waals surface area contributed by atoms with Crippen LogP contribution in [0.25, 0.3) is 88.4 Å². The zero-order chi connectivity index (χ0) is 44.1. The summed E-state index contributed by atoms with van der Waals surface area (Å²) < 4.78 is 49.4. The molecular weight excluding hydrogens is 784 g/mol. The quantitative estimate of drug-likeness (QED) is 0.170. The number of alkyl halides is 3. The van der Waals surface area contributed by atoms with Crippen molar-refractivity contribution in [2.75, 3.05) is 0 Å². The first-order valence-electron chi connectivity index (χ1n) is 21.2. The lowest BCUT2D eigenvalue weighted by molar-refractivity contribution is -0.137. The zero-order valence-corrected chi connectivity index (χ0v) is 36.3. The third-order valence-corrected chi connectivity index (χ3v) is 12.8. The van der Waals surface area contributed by atoms with Gasteiger partial charge in [-0.25, -0.2) is 0 Å². The first-order chi connectivity index (χ1) is 30.2. The molecule has 0 spiro atoms. The Morgan fingerprint density at radius 1 is 0.413 bits per heavy atom. The van der Waals surface area contributed by atoms with Crippen LogP contribution in [-0.2, 0) is 6.18 Å². The molecule has 0 aliphatic rings. The van der Waals surface area contributed by atoms with Crippen molar-refractivity contribution in [1.82, 2.24) is 9.13 Å². The van der Waals surface area contributed by atoms with Crippen LogP contribution in [0, 0.1) is 59.8 Å². The molecule has 10 rings (SSSR count). The largest absolute Gasteiger partial charge is 0.417 e. The summed E-state index contributed by atoms with van der Waals surface area (Å²) in [6.45, 7) is 14.5. The molecule has 10 aromatic rings. The number of nitrogens with zero attached hydrogens (tertiary/aromatic N) is 3. The van der Waals surface area contributed by atoms with Crippen molar-refractivity contribution in [3.8, 4) is 50.8 Å². The van der Waals surface area contributed by atoms with Gasteiger partial charge in [-0.3, -0.25) is 0 Å². The maximum atomic E-state index is 15.1. The number of aromatic nitrogens is 2. The highest BCUT2D eigenvalue weighted by Gasteiger charge is 2.35. The molecule has 308 valence electrons. The SMILES string of the molecule is Cc1cc(C)c(-c2ccc3c(c2)c2ccccc2n3-c2cc(-c3c(C)cccc3C(F)(F)F)cc(-n3c4ccccc4c4cc(-c5c(C)cc(C)cc5C)ccc43)c2C#N)c(C)c1. The van der Waals surface area contributed by atoms with E-state index in [4.69, 9.17) is 0 Å². The van der Waals surface area contributed by atoms with E-state index in [1.807, 2.05) is 36.4 Å². The summed E-state index contributed by atoms with van der Waals surface area (Å²) in [5.41, 5.74) is 16.5. The summed E-state index contributed by atoms with van der Waals surface area (Å²) >= 11 is 0. The van der Waals surface area contributed by atoms with Crippen LogP contribution in [-0.4, -0.2) is 9.13 Å². The van der Waals surface area contributed by atoms with Gasteiger partial charge in [-0.15, -0.1) is 0 Å². The molecule has 0 atom stereocenters. The molecule has 0 radical (unpaired) electrons.